The van der Waals surface area contributed by atoms with Gasteiger partial charge in [0, 0.05) is 34.4 Å². The number of hydrogen-bond donors (Lipinski definition) is 1. The minimum atomic E-state index is -3.79. The van der Waals surface area contributed by atoms with E-state index >= 15 is 0 Å². The quantitative estimate of drug-likeness (QED) is 0.248. The number of amides is 1. The Hall–Kier alpha value is -3.94. The first-order valence-electron chi connectivity index (χ1n) is 12.3. The molecule has 0 aromatic heterocycles. The molecule has 4 aromatic rings. The second kappa shape index (κ2) is 11.0. The van der Waals surface area contributed by atoms with Gasteiger partial charge in [-0.15, -0.1) is 0 Å². The van der Waals surface area contributed by atoms with E-state index in [1.54, 1.807) is 48.5 Å². The average Bonchev–Trinajstić information content (AvgIpc) is 2.92. The van der Waals surface area contributed by atoms with Gasteiger partial charge >= 0.3 is 0 Å². The van der Waals surface area contributed by atoms with Crippen LogP contribution in [0.1, 0.15) is 52.6 Å². The van der Waals surface area contributed by atoms with Crippen LogP contribution in [0.15, 0.2) is 102 Å². The van der Waals surface area contributed by atoms with Crippen LogP contribution in [-0.2, 0) is 15.4 Å². The molecule has 0 fully saturated rings. The summed E-state index contributed by atoms with van der Waals surface area (Å²) in [7, 11) is -2.35. The smallest absolute Gasteiger partial charge is 0.264 e. The lowest BCUT2D eigenvalue weighted by Gasteiger charge is -2.20. The average molecular weight is 561 g/mol. The van der Waals surface area contributed by atoms with Crippen molar-refractivity contribution in [3.8, 4) is 0 Å². The van der Waals surface area contributed by atoms with E-state index in [0.29, 0.717) is 33.1 Å². The number of ketones is 1. The maximum absolute atomic E-state index is 13.0. The largest absolute Gasteiger partial charge is 0.322 e. The Bertz CT molecular complexity index is 1610. The van der Waals surface area contributed by atoms with E-state index in [1.165, 1.54) is 31.3 Å². The van der Waals surface area contributed by atoms with Crippen LogP contribution >= 0.6 is 11.6 Å². The summed E-state index contributed by atoms with van der Waals surface area (Å²) in [5.41, 5.74) is 3.37. The third-order valence-corrected chi connectivity index (χ3v) is 8.41. The van der Waals surface area contributed by atoms with E-state index in [0.717, 1.165) is 9.87 Å². The molecular formula is C31H29ClN2O4S. The highest BCUT2D eigenvalue weighted by Gasteiger charge is 2.22. The molecule has 1 N–H and O–H groups in total. The lowest BCUT2D eigenvalue weighted by atomic mass is 9.86. The zero-order chi connectivity index (χ0) is 28.4. The van der Waals surface area contributed by atoms with Crippen LogP contribution in [0.5, 0.6) is 0 Å². The van der Waals surface area contributed by atoms with Crippen molar-refractivity contribution in [3.05, 3.63) is 124 Å². The number of halogens is 1. The molecule has 0 saturated heterocycles. The van der Waals surface area contributed by atoms with Gasteiger partial charge < -0.3 is 5.32 Å². The topological polar surface area (TPSA) is 83.6 Å². The van der Waals surface area contributed by atoms with E-state index in [1.807, 2.05) is 24.3 Å². The van der Waals surface area contributed by atoms with Crippen molar-refractivity contribution in [2.75, 3.05) is 16.7 Å². The fourth-order valence-corrected chi connectivity index (χ4v) is 5.28. The van der Waals surface area contributed by atoms with Crippen molar-refractivity contribution in [2.24, 2.45) is 0 Å². The first kappa shape index (κ1) is 28.1. The number of nitrogens with zero attached hydrogens (tertiary/aromatic N) is 1. The van der Waals surface area contributed by atoms with Crippen LogP contribution in [0, 0.1) is 0 Å². The highest BCUT2D eigenvalue weighted by molar-refractivity contribution is 7.92. The molecule has 0 unspecified atom stereocenters. The molecule has 39 heavy (non-hydrogen) atoms. The lowest BCUT2D eigenvalue weighted by molar-refractivity contribution is 0.102. The first-order chi connectivity index (χ1) is 18.4. The molecular weight excluding hydrogens is 532 g/mol. The van der Waals surface area contributed by atoms with Gasteiger partial charge in [0.2, 0.25) is 0 Å². The summed E-state index contributed by atoms with van der Waals surface area (Å²) in [5.74, 6) is -0.523. The van der Waals surface area contributed by atoms with E-state index in [4.69, 9.17) is 11.6 Å². The molecule has 8 heteroatoms. The van der Waals surface area contributed by atoms with Crippen molar-refractivity contribution in [2.45, 2.75) is 31.1 Å². The second-order valence-corrected chi connectivity index (χ2v) is 12.6. The monoisotopic (exact) mass is 560 g/mol. The van der Waals surface area contributed by atoms with Crippen molar-refractivity contribution < 1.29 is 18.0 Å². The lowest BCUT2D eigenvalue weighted by Crippen LogP contribution is -2.26. The van der Waals surface area contributed by atoms with Gasteiger partial charge in [0.15, 0.2) is 5.78 Å². The van der Waals surface area contributed by atoms with Crippen molar-refractivity contribution in [1.29, 1.82) is 0 Å². The molecule has 0 aliphatic rings. The molecule has 1 amide bonds. The molecule has 0 bridgehead atoms. The molecule has 6 nitrogen and oxygen atoms in total. The zero-order valence-corrected chi connectivity index (χ0v) is 23.7. The fraction of sp³-hybridized carbons (Fsp3) is 0.161. The Balaban J connectivity index is 1.46. The van der Waals surface area contributed by atoms with E-state index in [-0.39, 0.29) is 22.0 Å². The summed E-state index contributed by atoms with van der Waals surface area (Å²) in [4.78, 5) is 26.0. The first-order valence-corrected chi connectivity index (χ1v) is 14.1. The van der Waals surface area contributed by atoms with Gasteiger partial charge in [0.1, 0.15) is 0 Å². The SMILES string of the molecule is CN(c1ccc(C(=O)Nc2cccc(C(=O)c3ccc(C(C)(C)C)cc3)c2)cc1)S(=O)(=O)c1ccc(Cl)cc1. The third-order valence-electron chi connectivity index (χ3n) is 6.36. The predicted octanol–water partition coefficient (Wildman–Crippen LogP) is 6.95. The normalized spacial score (nSPS) is 11.6. The minimum absolute atomic E-state index is 0.00958. The summed E-state index contributed by atoms with van der Waals surface area (Å²) in [6.07, 6.45) is 0. The number of carbonyl (C=O) groups excluding carboxylic acids is 2. The Morgan fingerprint density at radius 2 is 1.36 bits per heavy atom. The van der Waals surface area contributed by atoms with Crippen LogP contribution < -0.4 is 9.62 Å². The molecule has 0 aliphatic heterocycles. The van der Waals surface area contributed by atoms with Gasteiger partial charge in [0.25, 0.3) is 15.9 Å². The molecule has 0 heterocycles. The van der Waals surface area contributed by atoms with Crippen LogP contribution in [0.3, 0.4) is 0 Å². The molecule has 0 atom stereocenters. The molecule has 0 spiro atoms. The predicted molar refractivity (Wildman–Crippen MR) is 156 cm³/mol. The summed E-state index contributed by atoms with van der Waals surface area (Å²) in [6, 6.07) is 26.4. The van der Waals surface area contributed by atoms with Crippen molar-refractivity contribution in [1.82, 2.24) is 0 Å². The number of hydrogen-bond acceptors (Lipinski definition) is 4. The minimum Gasteiger partial charge on any atom is -0.322 e. The van der Waals surface area contributed by atoms with Gasteiger partial charge in [-0.3, -0.25) is 13.9 Å². The van der Waals surface area contributed by atoms with Gasteiger partial charge in [0.05, 0.1) is 10.6 Å². The number of sulfonamides is 1. The fourth-order valence-electron chi connectivity index (χ4n) is 3.96. The summed E-state index contributed by atoms with van der Waals surface area (Å²) in [5, 5.41) is 3.25. The Labute approximate surface area is 234 Å². The van der Waals surface area contributed by atoms with E-state index in [2.05, 4.69) is 26.1 Å². The zero-order valence-electron chi connectivity index (χ0n) is 22.1. The van der Waals surface area contributed by atoms with Gasteiger partial charge in [-0.1, -0.05) is 68.8 Å². The summed E-state index contributed by atoms with van der Waals surface area (Å²) >= 11 is 5.87. The van der Waals surface area contributed by atoms with Crippen LogP contribution in [0.25, 0.3) is 0 Å². The molecule has 0 radical (unpaired) electrons. The molecule has 200 valence electrons. The molecule has 4 rings (SSSR count). The molecule has 0 aliphatic carbocycles. The van der Waals surface area contributed by atoms with Gasteiger partial charge in [-0.25, -0.2) is 8.42 Å². The second-order valence-electron chi connectivity index (χ2n) is 10.2. The van der Waals surface area contributed by atoms with Crippen LogP contribution in [0.2, 0.25) is 5.02 Å². The van der Waals surface area contributed by atoms with Gasteiger partial charge in [-0.2, -0.15) is 0 Å². The summed E-state index contributed by atoms with van der Waals surface area (Å²) in [6.45, 7) is 6.35. The Morgan fingerprint density at radius 1 is 0.769 bits per heavy atom. The highest BCUT2D eigenvalue weighted by Crippen LogP contribution is 2.25. The Kier molecular flexibility index (Phi) is 7.95. The third kappa shape index (κ3) is 6.38. The Morgan fingerprint density at radius 3 is 1.95 bits per heavy atom. The van der Waals surface area contributed by atoms with Gasteiger partial charge in [-0.05, 0) is 71.6 Å². The molecule has 4 aromatic carbocycles. The van der Waals surface area contributed by atoms with Crippen molar-refractivity contribution in [3.63, 3.8) is 0 Å². The van der Waals surface area contributed by atoms with Crippen LogP contribution in [0.4, 0.5) is 11.4 Å². The number of nitrogens with one attached hydrogen (secondary N) is 1. The highest BCUT2D eigenvalue weighted by atomic mass is 35.5. The maximum Gasteiger partial charge on any atom is 0.264 e. The number of rotatable bonds is 7. The number of benzene rings is 4. The van der Waals surface area contributed by atoms with Crippen molar-refractivity contribution >= 4 is 44.7 Å². The van der Waals surface area contributed by atoms with E-state index < -0.39 is 10.0 Å². The molecule has 0 saturated carbocycles. The number of anilines is 2. The maximum atomic E-state index is 13.0. The van der Waals surface area contributed by atoms with Crippen LogP contribution in [-0.4, -0.2) is 27.2 Å². The standard InChI is InChI=1S/C31H29ClN2O4S/c1-31(2,3)24-12-8-21(9-13-24)29(35)23-6-5-7-26(20-23)33-30(36)22-10-16-27(17-11-22)34(4)39(37,38)28-18-14-25(32)15-19-28/h5-20H,1-4H3,(H,33,36). The summed E-state index contributed by atoms with van der Waals surface area (Å²) < 4.78 is 27.0. The number of carbonyl (C=O) groups is 2. The van der Waals surface area contributed by atoms with E-state index in [9.17, 15) is 18.0 Å².